The van der Waals surface area contributed by atoms with Crippen molar-refractivity contribution in [3.63, 3.8) is 0 Å². The molecule has 4 aromatic carbocycles. The number of benzene rings is 4. The van der Waals surface area contributed by atoms with Gasteiger partial charge in [0.15, 0.2) is 0 Å². The van der Waals surface area contributed by atoms with Crippen LogP contribution in [0.3, 0.4) is 0 Å². The lowest BCUT2D eigenvalue weighted by molar-refractivity contribution is 1.37. The van der Waals surface area contributed by atoms with Crippen LogP contribution >= 0.6 is 111 Å². The third kappa shape index (κ3) is 12.1. The Kier molecular flexibility index (Phi) is 15.9. The summed E-state index contributed by atoms with van der Waals surface area (Å²) < 4.78 is 5.69. The Morgan fingerprint density at radius 1 is 0.625 bits per heavy atom. The van der Waals surface area contributed by atoms with Gasteiger partial charge in [-0.1, -0.05) is 80.0 Å². The van der Waals surface area contributed by atoms with E-state index in [0.29, 0.717) is 0 Å². The average molecular weight is 831 g/mol. The van der Waals surface area contributed by atoms with Gasteiger partial charge in [0.2, 0.25) is 0 Å². The van der Waals surface area contributed by atoms with Crippen LogP contribution in [0.25, 0.3) is 0 Å². The molecule has 4 aromatic rings. The van der Waals surface area contributed by atoms with Crippen LogP contribution in [-0.4, -0.2) is 0 Å². The molecule has 0 radical (unpaired) electrons. The van der Waals surface area contributed by atoms with Crippen molar-refractivity contribution >= 4 is 111 Å². The van der Waals surface area contributed by atoms with Crippen molar-refractivity contribution in [2.75, 3.05) is 0 Å². The summed E-state index contributed by atoms with van der Waals surface area (Å²) in [7, 11) is 0. The molecule has 32 heavy (non-hydrogen) atoms. The number of hydrogen-bond acceptors (Lipinski definition) is 2. The third-order valence-electron chi connectivity index (χ3n) is 3.50. The highest BCUT2D eigenvalue weighted by atomic mass is 127. The van der Waals surface area contributed by atoms with E-state index >= 15 is 0 Å². The van der Waals surface area contributed by atoms with Gasteiger partial charge in [-0.2, -0.15) is 0 Å². The molecule has 0 spiro atoms. The number of rotatable bonds is 2. The molecule has 0 N–H and O–H groups in total. The van der Waals surface area contributed by atoms with E-state index in [0.717, 1.165) is 22.8 Å². The van der Waals surface area contributed by atoms with Gasteiger partial charge in [0.05, 0.1) is 0 Å². The second-order valence-corrected chi connectivity index (χ2v) is 12.3. The summed E-state index contributed by atoms with van der Waals surface area (Å²) in [5.41, 5.74) is 0. The van der Waals surface area contributed by atoms with E-state index in [1.54, 1.807) is 11.8 Å². The standard InChI is InChI=1S/C12H8Br2S.C6H4BrI.C6H5BrS.CH3/c13-9-4-3-5-10(8-9)15-12-7-2-1-6-11(12)14;7-5-2-1-3-6(8)4-5;7-5-3-1-2-4-6(5)8;/h1-8H;1-4H;1-4,8H;1H3/q;;;-1. The van der Waals surface area contributed by atoms with E-state index in [9.17, 15) is 0 Å². The molecule has 0 nitrogen and oxygen atoms in total. The lowest BCUT2D eigenvalue weighted by atomic mass is 10.4. The fraction of sp³-hybridized carbons (Fsp3) is 0. The van der Waals surface area contributed by atoms with E-state index in [4.69, 9.17) is 0 Å². The fourth-order valence-electron chi connectivity index (χ4n) is 2.10. The lowest BCUT2D eigenvalue weighted by Crippen LogP contribution is -1.75. The minimum Gasteiger partial charge on any atom is -0.358 e. The van der Waals surface area contributed by atoms with Crippen molar-refractivity contribution in [2.24, 2.45) is 0 Å². The Labute approximate surface area is 248 Å². The first-order valence-electron chi connectivity index (χ1n) is 8.87. The Morgan fingerprint density at radius 3 is 1.66 bits per heavy atom. The highest BCUT2D eigenvalue weighted by molar-refractivity contribution is 14.1. The number of thiol groups is 1. The molecule has 0 amide bonds. The van der Waals surface area contributed by atoms with Crippen molar-refractivity contribution in [3.8, 4) is 0 Å². The highest BCUT2D eigenvalue weighted by Crippen LogP contribution is 2.34. The molecule has 0 unspecified atom stereocenters. The van der Waals surface area contributed by atoms with E-state index in [-0.39, 0.29) is 7.43 Å². The Bertz CT molecular complexity index is 1070. The molecule has 0 aliphatic rings. The lowest BCUT2D eigenvalue weighted by Gasteiger charge is -2.03. The van der Waals surface area contributed by atoms with Gasteiger partial charge in [0, 0.05) is 36.1 Å². The van der Waals surface area contributed by atoms with Crippen LogP contribution in [-0.2, 0) is 0 Å². The molecular weight excluding hydrogens is 811 g/mol. The number of hydrogen-bond donors (Lipinski definition) is 1. The predicted octanol–water partition coefficient (Wildman–Crippen LogP) is 11.6. The van der Waals surface area contributed by atoms with Crippen molar-refractivity contribution < 1.29 is 0 Å². The minimum absolute atomic E-state index is 0. The zero-order chi connectivity index (χ0) is 22.6. The van der Waals surface area contributed by atoms with E-state index in [1.807, 2.05) is 60.7 Å². The summed E-state index contributed by atoms with van der Waals surface area (Å²) in [6.45, 7) is 0. The molecule has 0 atom stereocenters. The van der Waals surface area contributed by atoms with Crippen LogP contribution < -0.4 is 0 Å². The topological polar surface area (TPSA) is 0 Å². The average Bonchev–Trinajstić information content (AvgIpc) is 2.73. The molecule has 0 aliphatic carbocycles. The zero-order valence-corrected chi connectivity index (χ0v) is 27.2. The van der Waals surface area contributed by atoms with Gasteiger partial charge in [0.25, 0.3) is 0 Å². The maximum Gasteiger partial charge on any atom is 0.0314 e. The first-order valence-corrected chi connectivity index (χ1v) is 14.4. The normalized spacial score (nSPS) is 9.44. The summed E-state index contributed by atoms with van der Waals surface area (Å²) in [5.74, 6) is 0. The maximum atomic E-state index is 4.15. The molecule has 0 aromatic heterocycles. The summed E-state index contributed by atoms with van der Waals surface area (Å²) in [5, 5.41) is 0. The maximum absolute atomic E-state index is 4.15. The van der Waals surface area contributed by atoms with Gasteiger partial charge in [-0.3, -0.25) is 0 Å². The van der Waals surface area contributed by atoms with Crippen molar-refractivity contribution in [3.05, 3.63) is 126 Å². The molecule has 0 fully saturated rings. The summed E-state index contributed by atoms with van der Waals surface area (Å²) >= 11 is 21.9. The van der Waals surface area contributed by atoms with Crippen LogP contribution in [0.1, 0.15) is 0 Å². The highest BCUT2D eigenvalue weighted by Gasteiger charge is 2.01. The van der Waals surface area contributed by atoms with Gasteiger partial charge < -0.3 is 7.43 Å². The van der Waals surface area contributed by atoms with E-state index in [1.165, 1.54) is 13.4 Å². The minimum atomic E-state index is 0. The predicted molar refractivity (Wildman–Crippen MR) is 167 cm³/mol. The molecule has 4 rings (SSSR count). The molecule has 0 bridgehead atoms. The van der Waals surface area contributed by atoms with E-state index in [2.05, 4.69) is 135 Å². The van der Waals surface area contributed by atoms with Gasteiger partial charge >= 0.3 is 0 Å². The van der Waals surface area contributed by atoms with Crippen molar-refractivity contribution in [1.29, 1.82) is 0 Å². The molecule has 7 heteroatoms. The second kappa shape index (κ2) is 16.8. The molecular formula is C25H20Br4IS2-. The van der Waals surface area contributed by atoms with Gasteiger partial charge in [-0.25, -0.2) is 0 Å². The van der Waals surface area contributed by atoms with Crippen LogP contribution in [0, 0.1) is 11.0 Å². The summed E-state index contributed by atoms with van der Waals surface area (Å²) in [6.07, 6.45) is 0. The number of halogens is 5. The first-order chi connectivity index (χ1) is 14.8. The second-order valence-electron chi connectivity index (χ2n) is 5.88. The third-order valence-corrected chi connectivity index (χ3v) is 8.56. The Hall–Kier alpha value is 0.230. The first kappa shape index (κ1) is 30.3. The summed E-state index contributed by atoms with van der Waals surface area (Å²) in [6, 6.07) is 32.5. The largest absolute Gasteiger partial charge is 0.358 e. The van der Waals surface area contributed by atoms with Crippen LogP contribution in [0.15, 0.2) is 130 Å². The fourth-order valence-corrected chi connectivity index (χ4v) is 5.89. The van der Waals surface area contributed by atoms with Crippen molar-refractivity contribution in [1.82, 2.24) is 0 Å². The Balaban J connectivity index is 0.000000257. The van der Waals surface area contributed by atoms with Crippen LogP contribution in [0.2, 0.25) is 0 Å². The van der Waals surface area contributed by atoms with Crippen LogP contribution in [0.5, 0.6) is 0 Å². The molecule has 0 saturated carbocycles. The molecule has 0 aliphatic heterocycles. The monoisotopic (exact) mass is 827 g/mol. The molecule has 168 valence electrons. The summed E-state index contributed by atoms with van der Waals surface area (Å²) in [4.78, 5) is 3.44. The van der Waals surface area contributed by atoms with Crippen molar-refractivity contribution in [2.45, 2.75) is 14.7 Å². The van der Waals surface area contributed by atoms with Gasteiger partial charge in [0.1, 0.15) is 0 Å². The quantitative estimate of drug-likeness (QED) is 0.119. The SMILES string of the molecule is Brc1cccc(I)c1.Brc1cccc(Sc2ccccc2Br)c1.Sc1ccccc1Br.[CH3-]. The Morgan fingerprint density at radius 2 is 1.19 bits per heavy atom. The molecule has 0 heterocycles. The van der Waals surface area contributed by atoms with Gasteiger partial charge in [-0.15, -0.1) is 12.6 Å². The smallest absolute Gasteiger partial charge is 0.0314 e. The molecule has 0 saturated heterocycles. The zero-order valence-electron chi connectivity index (χ0n) is 17.0. The van der Waals surface area contributed by atoms with Crippen LogP contribution in [0.4, 0.5) is 0 Å². The van der Waals surface area contributed by atoms with Gasteiger partial charge in [-0.05, 0) is 115 Å². The van der Waals surface area contributed by atoms with E-state index < -0.39 is 0 Å².